The second-order valence-corrected chi connectivity index (χ2v) is 6.74. The molecule has 2 atom stereocenters. The second kappa shape index (κ2) is 4.99. The van der Waals surface area contributed by atoms with Crippen molar-refractivity contribution < 1.29 is 13.2 Å². The van der Waals surface area contributed by atoms with Crippen molar-refractivity contribution in [1.82, 2.24) is 0 Å². The van der Waals surface area contributed by atoms with Gasteiger partial charge in [-0.1, -0.05) is 18.2 Å². The third kappa shape index (κ3) is 2.49. The molecule has 1 aliphatic rings. The first-order valence-electron chi connectivity index (χ1n) is 5.80. The Balaban J connectivity index is 2.33. The first kappa shape index (κ1) is 12.9. The second-order valence-electron chi connectivity index (χ2n) is 4.51. The summed E-state index contributed by atoms with van der Waals surface area (Å²) in [6.07, 6.45) is 0.554. The van der Waals surface area contributed by atoms with Crippen LogP contribution >= 0.6 is 0 Å². The number of ether oxygens (including phenoxy) is 1. The molecule has 0 bridgehead atoms. The van der Waals surface area contributed by atoms with E-state index in [-0.39, 0.29) is 17.4 Å². The van der Waals surface area contributed by atoms with E-state index >= 15 is 0 Å². The molecule has 1 heterocycles. The van der Waals surface area contributed by atoms with Gasteiger partial charge in [-0.15, -0.1) is 0 Å². The van der Waals surface area contributed by atoms with Crippen LogP contribution in [-0.2, 0) is 9.84 Å². The number of nitriles is 1. The average Bonchev–Trinajstić information content (AvgIpc) is 2.71. The third-order valence-corrected chi connectivity index (χ3v) is 5.15. The van der Waals surface area contributed by atoms with Crippen LogP contribution in [-0.4, -0.2) is 27.0 Å². The van der Waals surface area contributed by atoms with Crippen LogP contribution in [0.3, 0.4) is 0 Å². The summed E-state index contributed by atoms with van der Waals surface area (Å²) in [7, 11) is -1.42. The molecule has 0 radical (unpaired) electrons. The van der Waals surface area contributed by atoms with Crippen LogP contribution in [0.4, 0.5) is 0 Å². The van der Waals surface area contributed by atoms with Crippen LogP contribution in [0, 0.1) is 17.2 Å². The summed E-state index contributed by atoms with van der Waals surface area (Å²) in [5.41, 5.74) is 0.782. The van der Waals surface area contributed by atoms with E-state index in [0.717, 1.165) is 5.56 Å². The normalized spacial score (nSPS) is 23.2. The minimum atomic E-state index is -2.97. The standard InChI is InChI=1S/C13H15NO3S/c1-17-13-5-3-2-4-11(13)12(8-14)10-6-7-18(15,16)9-10/h2-5,10,12H,6-7,9H2,1H3. The summed E-state index contributed by atoms with van der Waals surface area (Å²) >= 11 is 0. The number of benzene rings is 1. The fraction of sp³-hybridized carbons (Fsp3) is 0.462. The number of para-hydroxylation sites is 1. The van der Waals surface area contributed by atoms with Gasteiger partial charge < -0.3 is 4.74 Å². The number of hydrogen-bond donors (Lipinski definition) is 0. The average molecular weight is 265 g/mol. The zero-order valence-electron chi connectivity index (χ0n) is 10.2. The Labute approximate surface area is 107 Å². The summed E-state index contributed by atoms with van der Waals surface area (Å²) in [5, 5.41) is 9.33. The Kier molecular flexibility index (Phi) is 3.58. The Morgan fingerprint density at radius 1 is 1.44 bits per heavy atom. The maximum Gasteiger partial charge on any atom is 0.150 e. The topological polar surface area (TPSA) is 67.2 Å². The molecular weight excluding hydrogens is 250 g/mol. The largest absolute Gasteiger partial charge is 0.496 e. The van der Waals surface area contributed by atoms with Crippen molar-refractivity contribution in [2.45, 2.75) is 12.3 Å². The predicted octanol–water partition coefficient (Wildman–Crippen LogP) is 1.74. The zero-order valence-corrected chi connectivity index (χ0v) is 11.0. The van der Waals surface area contributed by atoms with E-state index in [4.69, 9.17) is 4.74 Å². The fourth-order valence-electron chi connectivity index (χ4n) is 2.44. The fourth-order valence-corrected chi connectivity index (χ4v) is 4.28. The molecular formula is C13H15NO3S. The van der Waals surface area contributed by atoms with E-state index in [9.17, 15) is 13.7 Å². The number of sulfone groups is 1. The monoisotopic (exact) mass is 265 g/mol. The summed E-state index contributed by atoms with van der Waals surface area (Å²) in [5.74, 6) is 0.386. The van der Waals surface area contributed by atoms with Crippen LogP contribution < -0.4 is 4.74 Å². The minimum absolute atomic E-state index is 0.100. The molecule has 2 rings (SSSR count). The molecule has 0 amide bonds. The van der Waals surface area contributed by atoms with E-state index in [1.165, 1.54) is 0 Å². The highest BCUT2D eigenvalue weighted by molar-refractivity contribution is 7.91. The maximum absolute atomic E-state index is 11.5. The van der Waals surface area contributed by atoms with E-state index < -0.39 is 15.8 Å². The molecule has 1 saturated heterocycles. The van der Waals surface area contributed by atoms with Gasteiger partial charge in [-0.25, -0.2) is 8.42 Å². The van der Waals surface area contributed by atoms with Crippen molar-refractivity contribution in [3.05, 3.63) is 29.8 Å². The van der Waals surface area contributed by atoms with E-state index in [0.29, 0.717) is 12.2 Å². The first-order valence-corrected chi connectivity index (χ1v) is 7.62. The maximum atomic E-state index is 11.5. The van der Waals surface area contributed by atoms with E-state index in [1.54, 1.807) is 13.2 Å². The number of methoxy groups -OCH3 is 1. The summed E-state index contributed by atoms with van der Waals surface area (Å²) < 4.78 is 28.3. The first-order chi connectivity index (χ1) is 8.57. The highest BCUT2D eigenvalue weighted by atomic mass is 32.2. The van der Waals surface area contributed by atoms with Gasteiger partial charge in [-0.2, -0.15) is 5.26 Å². The van der Waals surface area contributed by atoms with Crippen molar-refractivity contribution in [3.8, 4) is 11.8 Å². The highest BCUT2D eigenvalue weighted by Crippen LogP contribution is 2.36. The Bertz CT molecular complexity index is 574. The van der Waals surface area contributed by atoms with Crippen LogP contribution in [0.2, 0.25) is 0 Å². The smallest absolute Gasteiger partial charge is 0.150 e. The molecule has 1 fully saturated rings. The molecule has 18 heavy (non-hydrogen) atoms. The lowest BCUT2D eigenvalue weighted by atomic mass is 9.86. The molecule has 4 nitrogen and oxygen atoms in total. The van der Waals surface area contributed by atoms with Gasteiger partial charge in [-0.05, 0) is 18.4 Å². The lowest BCUT2D eigenvalue weighted by Gasteiger charge is -2.18. The van der Waals surface area contributed by atoms with Crippen LogP contribution in [0.25, 0.3) is 0 Å². The number of rotatable bonds is 3. The SMILES string of the molecule is COc1ccccc1C(C#N)C1CCS(=O)(=O)C1. The van der Waals surface area contributed by atoms with Gasteiger partial charge in [0.1, 0.15) is 5.75 Å². The molecule has 1 aromatic carbocycles. The Morgan fingerprint density at radius 3 is 2.72 bits per heavy atom. The van der Waals surface area contributed by atoms with E-state index in [2.05, 4.69) is 6.07 Å². The lowest BCUT2D eigenvalue weighted by molar-refractivity contribution is 0.402. The predicted molar refractivity (Wildman–Crippen MR) is 68.1 cm³/mol. The van der Waals surface area contributed by atoms with Crippen LogP contribution in [0.5, 0.6) is 5.75 Å². The highest BCUT2D eigenvalue weighted by Gasteiger charge is 2.35. The Hall–Kier alpha value is -1.54. The molecule has 0 saturated carbocycles. The molecule has 1 aliphatic heterocycles. The van der Waals surface area contributed by atoms with E-state index in [1.807, 2.05) is 18.2 Å². The van der Waals surface area contributed by atoms with Crippen LogP contribution in [0.1, 0.15) is 17.9 Å². The Morgan fingerprint density at radius 2 is 2.17 bits per heavy atom. The molecule has 96 valence electrons. The van der Waals surface area contributed by atoms with Crippen molar-refractivity contribution in [1.29, 1.82) is 5.26 Å². The molecule has 1 aromatic rings. The molecule has 0 N–H and O–H groups in total. The molecule has 0 spiro atoms. The van der Waals surface area contributed by atoms with Crippen LogP contribution in [0.15, 0.2) is 24.3 Å². The molecule has 0 aliphatic carbocycles. The quantitative estimate of drug-likeness (QED) is 0.834. The number of hydrogen-bond acceptors (Lipinski definition) is 4. The number of nitrogens with zero attached hydrogens (tertiary/aromatic N) is 1. The molecule has 2 unspecified atom stereocenters. The third-order valence-electron chi connectivity index (χ3n) is 3.35. The van der Waals surface area contributed by atoms with Gasteiger partial charge in [0.15, 0.2) is 9.84 Å². The van der Waals surface area contributed by atoms with Crippen molar-refractivity contribution in [2.24, 2.45) is 5.92 Å². The van der Waals surface area contributed by atoms with Gasteiger partial charge in [0.25, 0.3) is 0 Å². The van der Waals surface area contributed by atoms with Crippen molar-refractivity contribution >= 4 is 9.84 Å². The van der Waals surface area contributed by atoms with Gasteiger partial charge in [0.2, 0.25) is 0 Å². The lowest BCUT2D eigenvalue weighted by Crippen LogP contribution is -2.14. The summed E-state index contributed by atoms with van der Waals surface area (Å²) in [6.45, 7) is 0. The zero-order chi connectivity index (χ0) is 13.2. The van der Waals surface area contributed by atoms with Crippen molar-refractivity contribution in [2.75, 3.05) is 18.6 Å². The minimum Gasteiger partial charge on any atom is -0.496 e. The summed E-state index contributed by atoms with van der Waals surface area (Å²) in [4.78, 5) is 0. The van der Waals surface area contributed by atoms with Gasteiger partial charge in [0, 0.05) is 5.56 Å². The molecule has 5 heteroatoms. The summed E-state index contributed by atoms with van der Waals surface area (Å²) in [6, 6.07) is 9.53. The van der Waals surface area contributed by atoms with Gasteiger partial charge in [-0.3, -0.25) is 0 Å². The van der Waals surface area contributed by atoms with Gasteiger partial charge >= 0.3 is 0 Å². The van der Waals surface area contributed by atoms with Crippen molar-refractivity contribution in [3.63, 3.8) is 0 Å². The van der Waals surface area contributed by atoms with Gasteiger partial charge in [0.05, 0.1) is 30.6 Å². The molecule has 0 aromatic heterocycles.